The van der Waals surface area contributed by atoms with E-state index in [9.17, 15) is 0 Å². The van der Waals surface area contributed by atoms with Crippen LogP contribution in [0, 0.1) is 11.3 Å². The minimum atomic E-state index is 0.0255. The first-order valence-corrected chi connectivity index (χ1v) is 3.80. The van der Waals surface area contributed by atoms with E-state index in [0.717, 1.165) is 6.42 Å². The van der Waals surface area contributed by atoms with E-state index in [1.807, 2.05) is 0 Å². The van der Waals surface area contributed by atoms with Crippen molar-refractivity contribution in [1.82, 2.24) is 0 Å². The molecule has 0 heterocycles. The van der Waals surface area contributed by atoms with Gasteiger partial charge in [0, 0.05) is 19.1 Å². The zero-order valence-corrected chi connectivity index (χ0v) is 7.09. The molecule has 10 heavy (non-hydrogen) atoms. The van der Waals surface area contributed by atoms with Crippen LogP contribution < -0.4 is 0 Å². The van der Waals surface area contributed by atoms with Crippen molar-refractivity contribution in [3.63, 3.8) is 0 Å². The van der Waals surface area contributed by atoms with Crippen LogP contribution in [0.25, 0.3) is 0 Å². The predicted molar refractivity (Wildman–Crippen MR) is 41.7 cm³/mol. The molecule has 0 atom stereocenters. The van der Waals surface area contributed by atoms with E-state index in [-0.39, 0.29) is 24.5 Å². The fourth-order valence-electron chi connectivity index (χ4n) is 0.841. The third kappa shape index (κ3) is 2.27. The molecule has 0 saturated carbocycles. The lowest BCUT2D eigenvalue weighted by Crippen LogP contribution is -2.29. The third-order valence-electron chi connectivity index (χ3n) is 2.46. The first kappa shape index (κ1) is 9.92. The van der Waals surface area contributed by atoms with Gasteiger partial charge in [-0.25, -0.2) is 0 Å². The van der Waals surface area contributed by atoms with Crippen LogP contribution in [0.5, 0.6) is 0 Å². The standard InChI is InChI=1S/C8H18O2/c1-4-8(2,3)7(5-9)6-10/h7,9-10H,4-6H2,1-3H3. The third-order valence-corrected chi connectivity index (χ3v) is 2.46. The molecule has 0 aliphatic rings. The van der Waals surface area contributed by atoms with E-state index < -0.39 is 0 Å². The van der Waals surface area contributed by atoms with Gasteiger partial charge in [0.2, 0.25) is 0 Å². The molecular weight excluding hydrogens is 128 g/mol. The second-order valence-electron chi connectivity index (χ2n) is 3.40. The predicted octanol–water partition coefficient (Wildman–Crippen LogP) is 1.02. The van der Waals surface area contributed by atoms with Crippen molar-refractivity contribution < 1.29 is 10.2 Å². The Bertz CT molecular complexity index is 85.3. The van der Waals surface area contributed by atoms with E-state index in [1.54, 1.807) is 0 Å². The molecule has 0 aliphatic carbocycles. The molecule has 2 N–H and O–H groups in total. The molecule has 0 amide bonds. The van der Waals surface area contributed by atoms with Gasteiger partial charge >= 0.3 is 0 Å². The van der Waals surface area contributed by atoms with Gasteiger partial charge in [0.05, 0.1) is 0 Å². The Morgan fingerprint density at radius 1 is 1.20 bits per heavy atom. The van der Waals surface area contributed by atoms with Crippen LogP contribution in [0.4, 0.5) is 0 Å². The maximum Gasteiger partial charge on any atom is 0.0486 e. The van der Waals surface area contributed by atoms with E-state index in [2.05, 4.69) is 20.8 Å². The number of hydrogen-bond acceptors (Lipinski definition) is 2. The molecule has 0 unspecified atom stereocenters. The maximum absolute atomic E-state index is 8.83. The van der Waals surface area contributed by atoms with Crippen LogP contribution in [-0.2, 0) is 0 Å². The minimum Gasteiger partial charge on any atom is -0.396 e. The maximum atomic E-state index is 8.83. The summed E-state index contributed by atoms with van der Waals surface area (Å²) in [6, 6.07) is 0. The Labute approximate surface area is 62.9 Å². The zero-order valence-electron chi connectivity index (χ0n) is 7.09. The molecule has 0 aromatic heterocycles. The molecule has 0 bridgehead atoms. The van der Waals surface area contributed by atoms with E-state index in [1.165, 1.54) is 0 Å². The zero-order chi connectivity index (χ0) is 8.20. The van der Waals surface area contributed by atoms with Crippen molar-refractivity contribution >= 4 is 0 Å². The molecule has 2 nitrogen and oxygen atoms in total. The van der Waals surface area contributed by atoms with Crippen molar-refractivity contribution in [2.24, 2.45) is 11.3 Å². The molecule has 0 aromatic carbocycles. The van der Waals surface area contributed by atoms with Crippen molar-refractivity contribution in [3.05, 3.63) is 0 Å². The summed E-state index contributed by atoms with van der Waals surface area (Å²) in [6.45, 7) is 6.35. The van der Waals surface area contributed by atoms with Gasteiger partial charge in [-0.15, -0.1) is 0 Å². The quantitative estimate of drug-likeness (QED) is 0.621. The second-order valence-corrected chi connectivity index (χ2v) is 3.40. The lowest BCUT2D eigenvalue weighted by Gasteiger charge is -2.30. The van der Waals surface area contributed by atoms with Crippen LogP contribution in [0.15, 0.2) is 0 Å². The summed E-state index contributed by atoms with van der Waals surface area (Å²) < 4.78 is 0. The summed E-state index contributed by atoms with van der Waals surface area (Å²) in [5.41, 5.74) is 0.0590. The van der Waals surface area contributed by atoms with Gasteiger partial charge in [0.15, 0.2) is 0 Å². The minimum absolute atomic E-state index is 0.0255. The van der Waals surface area contributed by atoms with Gasteiger partial charge in [-0.1, -0.05) is 27.2 Å². The Morgan fingerprint density at radius 3 is 1.70 bits per heavy atom. The average Bonchev–Trinajstić information content (AvgIpc) is 1.90. The Morgan fingerprint density at radius 2 is 1.60 bits per heavy atom. The van der Waals surface area contributed by atoms with Gasteiger partial charge < -0.3 is 10.2 Å². The van der Waals surface area contributed by atoms with Gasteiger partial charge in [-0.05, 0) is 5.41 Å². The van der Waals surface area contributed by atoms with Crippen molar-refractivity contribution in [2.45, 2.75) is 27.2 Å². The fourth-order valence-corrected chi connectivity index (χ4v) is 0.841. The topological polar surface area (TPSA) is 40.5 Å². The first-order valence-electron chi connectivity index (χ1n) is 3.80. The second kappa shape index (κ2) is 3.94. The monoisotopic (exact) mass is 146 g/mol. The highest BCUT2D eigenvalue weighted by molar-refractivity contribution is 4.75. The van der Waals surface area contributed by atoms with Gasteiger partial charge in [-0.2, -0.15) is 0 Å². The lowest BCUT2D eigenvalue weighted by atomic mass is 9.78. The molecule has 0 rings (SSSR count). The molecule has 0 aliphatic heterocycles. The van der Waals surface area contributed by atoms with E-state index in [4.69, 9.17) is 10.2 Å². The molecule has 0 saturated heterocycles. The number of hydrogen-bond donors (Lipinski definition) is 2. The summed E-state index contributed by atoms with van der Waals surface area (Å²) in [4.78, 5) is 0. The Kier molecular flexibility index (Phi) is 3.91. The summed E-state index contributed by atoms with van der Waals surface area (Å²) in [7, 11) is 0. The molecule has 0 aromatic rings. The molecule has 0 fully saturated rings. The fraction of sp³-hybridized carbons (Fsp3) is 1.00. The number of rotatable bonds is 4. The normalized spacial score (nSPS) is 12.6. The average molecular weight is 146 g/mol. The molecule has 0 spiro atoms. The molecule has 0 radical (unpaired) electrons. The van der Waals surface area contributed by atoms with E-state index >= 15 is 0 Å². The number of aliphatic hydroxyl groups excluding tert-OH is 2. The van der Waals surface area contributed by atoms with Crippen LogP contribution in [0.3, 0.4) is 0 Å². The lowest BCUT2D eigenvalue weighted by molar-refractivity contribution is 0.0588. The summed E-state index contributed by atoms with van der Waals surface area (Å²) in [5.74, 6) is 0.0255. The van der Waals surface area contributed by atoms with Gasteiger partial charge in [-0.3, -0.25) is 0 Å². The molecule has 62 valence electrons. The highest BCUT2D eigenvalue weighted by Gasteiger charge is 2.25. The van der Waals surface area contributed by atoms with Crippen LogP contribution in [0.1, 0.15) is 27.2 Å². The Hall–Kier alpha value is -0.0800. The summed E-state index contributed by atoms with van der Waals surface area (Å²) >= 11 is 0. The number of aliphatic hydroxyl groups is 2. The largest absolute Gasteiger partial charge is 0.396 e. The van der Waals surface area contributed by atoms with Crippen LogP contribution in [-0.4, -0.2) is 23.4 Å². The molecular formula is C8H18O2. The highest BCUT2D eigenvalue weighted by atomic mass is 16.3. The smallest absolute Gasteiger partial charge is 0.0486 e. The summed E-state index contributed by atoms with van der Waals surface area (Å²) in [5, 5.41) is 17.7. The van der Waals surface area contributed by atoms with Gasteiger partial charge in [0.1, 0.15) is 0 Å². The van der Waals surface area contributed by atoms with Gasteiger partial charge in [0.25, 0.3) is 0 Å². The van der Waals surface area contributed by atoms with Crippen LogP contribution >= 0.6 is 0 Å². The SMILES string of the molecule is CCC(C)(C)C(CO)CO. The highest BCUT2D eigenvalue weighted by Crippen LogP contribution is 2.29. The van der Waals surface area contributed by atoms with E-state index in [0.29, 0.717) is 0 Å². The van der Waals surface area contributed by atoms with Crippen molar-refractivity contribution in [1.29, 1.82) is 0 Å². The summed E-state index contributed by atoms with van der Waals surface area (Å²) in [6.07, 6.45) is 0.985. The van der Waals surface area contributed by atoms with Crippen molar-refractivity contribution in [2.75, 3.05) is 13.2 Å². The Balaban J connectivity index is 3.97. The first-order chi connectivity index (χ1) is 4.58. The molecule has 2 heteroatoms. The van der Waals surface area contributed by atoms with Crippen LogP contribution in [0.2, 0.25) is 0 Å². The van der Waals surface area contributed by atoms with Crippen molar-refractivity contribution in [3.8, 4) is 0 Å².